The number of Topliss-reactive ketones (excluding diaryl/α,β-unsaturated/α-hetero) is 1. The molecule has 1 heterocycles. The molecule has 0 aliphatic carbocycles. The molecule has 3 rings (SSSR count). The minimum absolute atomic E-state index is 0.0727. The molecule has 4 heteroatoms. The molecular weight excluding hydrogens is 259 g/mol. The Kier molecular flexibility index (Phi) is 2.79. The summed E-state index contributed by atoms with van der Waals surface area (Å²) in [6.45, 7) is 1.67. The summed E-state index contributed by atoms with van der Waals surface area (Å²) < 4.78 is 18.6. The first-order valence-electron chi connectivity index (χ1n) is 6.08. The number of ether oxygens (including phenoxy) is 1. The lowest BCUT2D eigenvalue weighted by atomic mass is 10.1. The Labute approximate surface area is 114 Å². The van der Waals surface area contributed by atoms with Crippen LogP contribution in [-0.4, -0.2) is 10.9 Å². The highest BCUT2D eigenvalue weighted by atomic mass is 19.1. The summed E-state index contributed by atoms with van der Waals surface area (Å²) in [6.07, 6.45) is 1.49. The van der Waals surface area contributed by atoms with Gasteiger partial charge in [-0.3, -0.25) is 4.79 Å². The zero-order valence-corrected chi connectivity index (χ0v) is 10.7. The third kappa shape index (κ3) is 1.95. The minimum atomic E-state index is -0.379. The zero-order chi connectivity index (χ0) is 14.3. The van der Waals surface area contributed by atoms with E-state index in [1.807, 2.05) is 0 Å². The number of phenolic OH excluding ortho intramolecular Hbond substituents is 1. The molecule has 1 aliphatic heterocycles. The van der Waals surface area contributed by atoms with Gasteiger partial charge in [-0.2, -0.15) is 0 Å². The molecule has 0 aromatic heterocycles. The molecule has 1 N–H and O–H groups in total. The molecule has 0 spiro atoms. The summed E-state index contributed by atoms with van der Waals surface area (Å²) in [5.41, 5.74) is 1.46. The van der Waals surface area contributed by atoms with Gasteiger partial charge in [0.1, 0.15) is 17.3 Å². The van der Waals surface area contributed by atoms with Crippen molar-refractivity contribution in [3.63, 3.8) is 0 Å². The van der Waals surface area contributed by atoms with Crippen LogP contribution in [0.3, 0.4) is 0 Å². The predicted octanol–water partition coefficient (Wildman–Crippen LogP) is 3.46. The third-order valence-corrected chi connectivity index (χ3v) is 3.20. The maximum atomic E-state index is 13.1. The van der Waals surface area contributed by atoms with E-state index >= 15 is 0 Å². The second-order valence-corrected chi connectivity index (χ2v) is 4.58. The second kappa shape index (κ2) is 4.49. The fourth-order valence-electron chi connectivity index (χ4n) is 2.12. The van der Waals surface area contributed by atoms with Gasteiger partial charge < -0.3 is 9.84 Å². The first kappa shape index (κ1) is 12.4. The summed E-state index contributed by atoms with van der Waals surface area (Å²) in [5.74, 6) is -0.0935. The monoisotopic (exact) mass is 270 g/mol. The number of phenols is 1. The van der Waals surface area contributed by atoms with Gasteiger partial charge in [-0.1, -0.05) is 12.1 Å². The van der Waals surface area contributed by atoms with Crippen LogP contribution in [0.15, 0.2) is 42.2 Å². The van der Waals surface area contributed by atoms with Gasteiger partial charge in [0, 0.05) is 5.56 Å². The van der Waals surface area contributed by atoms with Gasteiger partial charge in [0.15, 0.2) is 5.76 Å². The van der Waals surface area contributed by atoms with E-state index in [2.05, 4.69) is 0 Å². The number of hydrogen-bond donors (Lipinski definition) is 1. The van der Waals surface area contributed by atoms with Crippen LogP contribution in [-0.2, 0) is 0 Å². The average molecular weight is 270 g/mol. The van der Waals surface area contributed by atoms with Crippen LogP contribution in [0, 0.1) is 12.7 Å². The van der Waals surface area contributed by atoms with Crippen molar-refractivity contribution < 1.29 is 19.0 Å². The molecule has 20 heavy (non-hydrogen) atoms. The number of ketones is 1. The van der Waals surface area contributed by atoms with Crippen LogP contribution in [0.25, 0.3) is 6.08 Å². The van der Waals surface area contributed by atoms with Crippen molar-refractivity contribution in [3.05, 3.63) is 64.7 Å². The van der Waals surface area contributed by atoms with Gasteiger partial charge in [0.2, 0.25) is 5.78 Å². The Hall–Kier alpha value is -2.62. The highest BCUT2D eigenvalue weighted by molar-refractivity contribution is 6.14. The summed E-state index contributed by atoms with van der Waals surface area (Å²) in [7, 11) is 0. The van der Waals surface area contributed by atoms with Gasteiger partial charge in [0.05, 0.1) is 5.56 Å². The Balaban J connectivity index is 2.04. The third-order valence-electron chi connectivity index (χ3n) is 3.20. The maximum Gasteiger partial charge on any atom is 0.231 e. The molecule has 100 valence electrons. The van der Waals surface area contributed by atoms with E-state index in [9.17, 15) is 14.3 Å². The predicted molar refractivity (Wildman–Crippen MR) is 72.2 cm³/mol. The SMILES string of the molecule is Cc1c(O)ccc2c1OC(=Cc1cccc(F)c1)C2=O. The average Bonchev–Trinajstić information content (AvgIpc) is 2.72. The molecule has 0 unspecified atom stereocenters. The van der Waals surface area contributed by atoms with Crippen molar-refractivity contribution in [1.82, 2.24) is 0 Å². The van der Waals surface area contributed by atoms with Gasteiger partial charge in [0.25, 0.3) is 0 Å². The molecule has 0 atom stereocenters. The topological polar surface area (TPSA) is 46.5 Å². The highest BCUT2D eigenvalue weighted by Crippen LogP contribution is 2.38. The molecule has 0 saturated carbocycles. The first-order chi connectivity index (χ1) is 9.56. The summed E-state index contributed by atoms with van der Waals surface area (Å²) in [6, 6.07) is 8.87. The van der Waals surface area contributed by atoms with E-state index in [1.54, 1.807) is 19.1 Å². The van der Waals surface area contributed by atoms with Crippen molar-refractivity contribution in [1.29, 1.82) is 0 Å². The number of halogens is 1. The summed E-state index contributed by atoms with van der Waals surface area (Å²) in [5, 5.41) is 9.62. The lowest BCUT2D eigenvalue weighted by molar-refractivity contribution is 0.101. The number of aromatic hydroxyl groups is 1. The minimum Gasteiger partial charge on any atom is -0.508 e. The van der Waals surface area contributed by atoms with Crippen molar-refractivity contribution >= 4 is 11.9 Å². The molecule has 1 aliphatic rings. The van der Waals surface area contributed by atoms with Crippen LogP contribution in [0.4, 0.5) is 4.39 Å². The standard InChI is InChI=1S/C16H11FO3/c1-9-13(18)6-5-12-15(19)14(20-16(9)12)8-10-3-2-4-11(17)7-10/h2-8,18H,1H3. The van der Waals surface area contributed by atoms with E-state index < -0.39 is 0 Å². The van der Waals surface area contributed by atoms with Crippen LogP contribution in [0.1, 0.15) is 21.5 Å². The van der Waals surface area contributed by atoms with Crippen LogP contribution < -0.4 is 4.74 Å². The second-order valence-electron chi connectivity index (χ2n) is 4.58. The van der Waals surface area contributed by atoms with Gasteiger partial charge in [-0.15, -0.1) is 0 Å². The van der Waals surface area contributed by atoms with E-state index in [4.69, 9.17) is 4.74 Å². The van der Waals surface area contributed by atoms with Crippen molar-refractivity contribution in [2.45, 2.75) is 6.92 Å². The number of hydrogen-bond acceptors (Lipinski definition) is 3. The molecule has 0 radical (unpaired) electrons. The first-order valence-corrected chi connectivity index (χ1v) is 6.08. The number of benzene rings is 2. The van der Waals surface area contributed by atoms with E-state index in [-0.39, 0.29) is 23.1 Å². The fourth-order valence-corrected chi connectivity index (χ4v) is 2.12. The van der Waals surface area contributed by atoms with Crippen molar-refractivity contribution in [2.75, 3.05) is 0 Å². The quantitative estimate of drug-likeness (QED) is 0.807. The molecule has 2 aromatic carbocycles. The van der Waals surface area contributed by atoms with Gasteiger partial charge >= 0.3 is 0 Å². The summed E-state index contributed by atoms with van der Waals surface area (Å²) >= 11 is 0. The maximum absolute atomic E-state index is 13.1. The fraction of sp³-hybridized carbons (Fsp3) is 0.0625. The number of allylic oxidation sites excluding steroid dienone is 1. The number of rotatable bonds is 1. The Morgan fingerprint density at radius 2 is 2.05 bits per heavy atom. The van der Waals surface area contributed by atoms with Gasteiger partial charge in [-0.25, -0.2) is 4.39 Å². The Morgan fingerprint density at radius 3 is 2.80 bits per heavy atom. The molecule has 0 saturated heterocycles. The van der Waals surface area contributed by atoms with E-state index in [0.717, 1.165) is 0 Å². The largest absolute Gasteiger partial charge is 0.508 e. The number of carbonyl (C=O) groups is 1. The van der Waals surface area contributed by atoms with Crippen LogP contribution >= 0.6 is 0 Å². The smallest absolute Gasteiger partial charge is 0.231 e. The lowest BCUT2D eigenvalue weighted by Gasteiger charge is -2.03. The highest BCUT2D eigenvalue weighted by Gasteiger charge is 2.29. The van der Waals surface area contributed by atoms with Crippen LogP contribution in [0.5, 0.6) is 11.5 Å². The molecule has 3 nitrogen and oxygen atoms in total. The van der Waals surface area contributed by atoms with Crippen molar-refractivity contribution in [2.24, 2.45) is 0 Å². The molecule has 0 fully saturated rings. The molecule has 0 bridgehead atoms. The number of fused-ring (bicyclic) bond motifs is 1. The Bertz CT molecular complexity index is 747. The lowest BCUT2D eigenvalue weighted by Crippen LogP contribution is -1.98. The Morgan fingerprint density at radius 1 is 1.25 bits per heavy atom. The van der Waals surface area contributed by atoms with E-state index in [0.29, 0.717) is 22.4 Å². The van der Waals surface area contributed by atoms with Crippen LogP contribution in [0.2, 0.25) is 0 Å². The summed E-state index contributed by atoms with van der Waals surface area (Å²) in [4.78, 5) is 12.2. The number of carbonyl (C=O) groups excluding carboxylic acids is 1. The molecule has 0 amide bonds. The normalized spacial score (nSPS) is 15.3. The zero-order valence-electron chi connectivity index (χ0n) is 10.7. The van der Waals surface area contributed by atoms with Crippen molar-refractivity contribution in [3.8, 4) is 11.5 Å². The molecule has 2 aromatic rings. The van der Waals surface area contributed by atoms with Gasteiger partial charge in [-0.05, 0) is 42.8 Å². The molecular formula is C16H11FO3. The van der Waals surface area contributed by atoms with E-state index in [1.165, 1.54) is 30.3 Å².